The van der Waals surface area contributed by atoms with Gasteiger partial charge in [0.25, 0.3) is 0 Å². The highest BCUT2D eigenvalue weighted by Gasteiger charge is 2.21. The third kappa shape index (κ3) is 1.91. The van der Waals surface area contributed by atoms with Gasteiger partial charge in [-0.15, -0.1) is 0 Å². The summed E-state index contributed by atoms with van der Waals surface area (Å²) in [5.41, 5.74) is 6.91. The lowest BCUT2D eigenvalue weighted by atomic mass is 10.1. The van der Waals surface area contributed by atoms with Gasteiger partial charge in [-0.1, -0.05) is 38.1 Å². The number of hydrogen-bond acceptors (Lipinski definition) is 0. The SMILES string of the molecule is CC.c1ccc2c(c1)Cc1c[n+]3ccccc3cc1-2. The molecular weight excluding hydrogens is 230 g/mol. The Morgan fingerprint density at radius 3 is 2.53 bits per heavy atom. The Balaban J connectivity index is 0.000000528. The monoisotopic (exact) mass is 248 g/mol. The van der Waals surface area contributed by atoms with Crippen molar-refractivity contribution in [3.8, 4) is 11.1 Å². The molecule has 1 heteroatoms. The summed E-state index contributed by atoms with van der Waals surface area (Å²) in [6.07, 6.45) is 5.42. The average molecular weight is 248 g/mol. The third-order valence-corrected chi connectivity index (χ3v) is 3.54. The van der Waals surface area contributed by atoms with Crippen LogP contribution in [0.15, 0.2) is 60.9 Å². The molecule has 1 aliphatic rings. The molecule has 94 valence electrons. The molecule has 19 heavy (non-hydrogen) atoms. The Bertz CT molecular complexity index is 729. The van der Waals surface area contributed by atoms with Crippen molar-refractivity contribution < 1.29 is 4.40 Å². The lowest BCUT2D eigenvalue weighted by Crippen LogP contribution is -2.20. The van der Waals surface area contributed by atoms with Crippen molar-refractivity contribution in [2.75, 3.05) is 0 Å². The van der Waals surface area contributed by atoms with Crippen LogP contribution in [0, 0.1) is 0 Å². The first kappa shape index (κ1) is 11.9. The quantitative estimate of drug-likeness (QED) is 0.414. The van der Waals surface area contributed by atoms with Crippen LogP contribution in [-0.2, 0) is 6.42 Å². The van der Waals surface area contributed by atoms with E-state index in [0.29, 0.717) is 0 Å². The first-order valence-corrected chi connectivity index (χ1v) is 6.93. The van der Waals surface area contributed by atoms with Crippen molar-refractivity contribution in [3.63, 3.8) is 0 Å². The molecule has 2 aromatic heterocycles. The van der Waals surface area contributed by atoms with Crippen molar-refractivity contribution in [2.24, 2.45) is 0 Å². The first-order chi connectivity index (χ1) is 9.42. The third-order valence-electron chi connectivity index (χ3n) is 3.54. The summed E-state index contributed by atoms with van der Waals surface area (Å²) in [5.74, 6) is 0. The summed E-state index contributed by atoms with van der Waals surface area (Å²) < 4.78 is 2.20. The zero-order valence-corrected chi connectivity index (χ0v) is 11.4. The van der Waals surface area contributed by atoms with Gasteiger partial charge < -0.3 is 0 Å². The molecule has 0 fully saturated rings. The predicted molar refractivity (Wildman–Crippen MR) is 79.2 cm³/mol. The molecule has 0 saturated heterocycles. The summed E-state index contributed by atoms with van der Waals surface area (Å²) in [6, 6.07) is 17.3. The van der Waals surface area contributed by atoms with Crippen LogP contribution in [0.2, 0.25) is 0 Å². The Hall–Kier alpha value is -2.15. The largest absolute Gasteiger partial charge is 0.211 e. The number of nitrogens with zero attached hydrogens (tertiary/aromatic N) is 1. The fourth-order valence-corrected chi connectivity index (χ4v) is 2.72. The summed E-state index contributed by atoms with van der Waals surface area (Å²) in [6.45, 7) is 4.00. The van der Waals surface area contributed by atoms with Crippen LogP contribution in [0.25, 0.3) is 16.6 Å². The lowest BCUT2D eigenvalue weighted by molar-refractivity contribution is -0.512. The van der Waals surface area contributed by atoms with Gasteiger partial charge in [0.15, 0.2) is 12.4 Å². The smallest absolute Gasteiger partial charge is 0.167 e. The number of pyridine rings is 2. The minimum atomic E-state index is 1.06. The molecule has 0 saturated carbocycles. The van der Waals surface area contributed by atoms with E-state index in [2.05, 4.69) is 65.3 Å². The molecule has 0 amide bonds. The molecule has 1 aromatic carbocycles. The molecule has 2 heterocycles. The number of aromatic nitrogens is 1. The van der Waals surface area contributed by atoms with E-state index in [4.69, 9.17) is 0 Å². The van der Waals surface area contributed by atoms with Gasteiger partial charge in [-0.05, 0) is 22.8 Å². The van der Waals surface area contributed by atoms with Crippen LogP contribution in [-0.4, -0.2) is 0 Å². The van der Waals surface area contributed by atoms with Crippen molar-refractivity contribution in [1.29, 1.82) is 0 Å². The molecule has 0 atom stereocenters. The van der Waals surface area contributed by atoms with Crippen LogP contribution in [0.4, 0.5) is 0 Å². The fraction of sp³-hybridized carbons (Fsp3) is 0.167. The summed E-state index contributed by atoms with van der Waals surface area (Å²) >= 11 is 0. The van der Waals surface area contributed by atoms with E-state index in [1.807, 2.05) is 13.8 Å². The van der Waals surface area contributed by atoms with Gasteiger partial charge in [0.2, 0.25) is 5.52 Å². The van der Waals surface area contributed by atoms with Gasteiger partial charge in [0.1, 0.15) is 0 Å². The second-order valence-corrected chi connectivity index (χ2v) is 4.58. The van der Waals surface area contributed by atoms with E-state index in [0.717, 1.165) is 6.42 Å². The van der Waals surface area contributed by atoms with Crippen LogP contribution in [0.1, 0.15) is 25.0 Å². The van der Waals surface area contributed by atoms with Crippen molar-refractivity contribution >= 4 is 5.52 Å². The highest BCUT2D eigenvalue weighted by atomic mass is 14.8. The van der Waals surface area contributed by atoms with Gasteiger partial charge in [-0.2, -0.15) is 4.40 Å². The summed E-state index contributed by atoms with van der Waals surface area (Å²) in [7, 11) is 0. The van der Waals surface area contributed by atoms with E-state index in [-0.39, 0.29) is 0 Å². The van der Waals surface area contributed by atoms with E-state index in [1.165, 1.54) is 27.8 Å². The summed E-state index contributed by atoms with van der Waals surface area (Å²) in [4.78, 5) is 0. The Kier molecular flexibility index (Phi) is 3.04. The van der Waals surface area contributed by atoms with Crippen molar-refractivity contribution in [2.45, 2.75) is 20.3 Å². The van der Waals surface area contributed by atoms with Gasteiger partial charge >= 0.3 is 0 Å². The molecule has 0 bridgehead atoms. The van der Waals surface area contributed by atoms with Crippen LogP contribution in [0.5, 0.6) is 0 Å². The maximum absolute atomic E-state index is 2.29. The number of hydrogen-bond donors (Lipinski definition) is 0. The predicted octanol–water partition coefficient (Wildman–Crippen LogP) is 4.02. The van der Waals surface area contributed by atoms with Gasteiger partial charge in [-0.25, -0.2) is 0 Å². The molecule has 0 N–H and O–H groups in total. The molecule has 3 aromatic rings. The van der Waals surface area contributed by atoms with E-state index >= 15 is 0 Å². The molecular formula is C18H18N+. The Morgan fingerprint density at radius 2 is 1.63 bits per heavy atom. The highest BCUT2D eigenvalue weighted by Crippen LogP contribution is 2.35. The summed E-state index contributed by atoms with van der Waals surface area (Å²) in [5, 5.41) is 0. The highest BCUT2D eigenvalue weighted by molar-refractivity contribution is 5.78. The first-order valence-electron chi connectivity index (χ1n) is 6.93. The maximum atomic E-state index is 2.29. The molecule has 1 aliphatic carbocycles. The minimum absolute atomic E-state index is 1.06. The van der Waals surface area contributed by atoms with Gasteiger partial charge in [0, 0.05) is 30.2 Å². The van der Waals surface area contributed by atoms with Gasteiger partial charge in [-0.3, -0.25) is 0 Å². The molecule has 0 radical (unpaired) electrons. The van der Waals surface area contributed by atoms with Crippen molar-refractivity contribution in [3.05, 3.63) is 72.1 Å². The second kappa shape index (κ2) is 4.85. The number of fused-ring (bicyclic) bond motifs is 4. The second-order valence-electron chi connectivity index (χ2n) is 4.58. The average Bonchev–Trinajstić information content (AvgIpc) is 2.84. The van der Waals surface area contributed by atoms with E-state index < -0.39 is 0 Å². The standard InChI is InChI=1S/C16H12N.C2H6/c1-2-7-15-12(5-1)9-13-11-17-8-4-3-6-14(17)10-16(13)15;1-2/h1-8,10-11H,9H2;1-2H3/q+1;. The molecule has 1 nitrogen and oxygen atoms in total. The zero-order valence-electron chi connectivity index (χ0n) is 11.4. The van der Waals surface area contributed by atoms with E-state index in [1.54, 1.807) is 0 Å². The Labute approximate surface area is 114 Å². The molecule has 0 spiro atoms. The van der Waals surface area contributed by atoms with E-state index in [9.17, 15) is 0 Å². The maximum Gasteiger partial charge on any atom is 0.211 e. The van der Waals surface area contributed by atoms with Crippen LogP contribution >= 0.6 is 0 Å². The fourth-order valence-electron chi connectivity index (χ4n) is 2.72. The van der Waals surface area contributed by atoms with Gasteiger partial charge in [0.05, 0.1) is 0 Å². The van der Waals surface area contributed by atoms with Crippen molar-refractivity contribution in [1.82, 2.24) is 0 Å². The molecule has 4 rings (SSSR count). The van der Waals surface area contributed by atoms with Crippen LogP contribution in [0.3, 0.4) is 0 Å². The topological polar surface area (TPSA) is 4.10 Å². The molecule has 0 unspecified atom stereocenters. The van der Waals surface area contributed by atoms with Crippen LogP contribution < -0.4 is 4.40 Å². The lowest BCUT2D eigenvalue weighted by Gasteiger charge is -1.99. The number of benzene rings is 1. The molecule has 0 aliphatic heterocycles. The normalized spacial score (nSPS) is 11.5. The Morgan fingerprint density at radius 1 is 0.842 bits per heavy atom. The minimum Gasteiger partial charge on any atom is -0.167 e. The zero-order chi connectivity index (χ0) is 13.2. The number of rotatable bonds is 0.